The molecule has 0 spiro atoms. The molecule has 2 aromatic rings. The van der Waals surface area contributed by atoms with Crippen LogP contribution in [0.3, 0.4) is 0 Å². The third kappa shape index (κ3) is 6.24. The number of unbranched alkanes of at least 4 members (excludes halogenated alkanes) is 1. The SMILES string of the molecule is CCCCC(O)C(C)(C)c1ccc(N2C(=O)CCCC2COCc2cccc(C(=O)O)c2)cc1. The zero-order valence-electron chi connectivity index (χ0n) is 20.5. The fourth-order valence-corrected chi connectivity index (χ4v) is 4.56. The molecule has 0 aliphatic carbocycles. The van der Waals surface area contributed by atoms with Gasteiger partial charge in [0.15, 0.2) is 0 Å². The van der Waals surface area contributed by atoms with Gasteiger partial charge in [0.2, 0.25) is 5.91 Å². The maximum absolute atomic E-state index is 12.8. The van der Waals surface area contributed by atoms with Gasteiger partial charge in [0, 0.05) is 17.5 Å². The molecule has 2 aromatic carbocycles. The van der Waals surface area contributed by atoms with E-state index in [4.69, 9.17) is 9.84 Å². The van der Waals surface area contributed by atoms with Gasteiger partial charge in [-0.05, 0) is 54.7 Å². The van der Waals surface area contributed by atoms with Crippen LogP contribution in [0.1, 0.15) is 80.8 Å². The number of carbonyl (C=O) groups is 2. The predicted molar refractivity (Wildman–Crippen MR) is 133 cm³/mol. The summed E-state index contributed by atoms with van der Waals surface area (Å²) in [5.74, 6) is -0.877. The Labute approximate surface area is 202 Å². The Morgan fingerprint density at radius 1 is 1.21 bits per heavy atom. The summed E-state index contributed by atoms with van der Waals surface area (Å²) in [5.41, 5.74) is 2.55. The zero-order chi connectivity index (χ0) is 24.7. The quantitative estimate of drug-likeness (QED) is 0.467. The van der Waals surface area contributed by atoms with Crippen LogP contribution in [-0.4, -0.2) is 40.8 Å². The van der Waals surface area contributed by atoms with Gasteiger partial charge in [0.25, 0.3) is 0 Å². The zero-order valence-corrected chi connectivity index (χ0v) is 20.5. The molecule has 34 heavy (non-hydrogen) atoms. The molecule has 1 aliphatic heterocycles. The molecule has 1 heterocycles. The molecule has 3 rings (SSSR count). The maximum atomic E-state index is 12.8. The number of aliphatic hydroxyl groups is 1. The van der Waals surface area contributed by atoms with Gasteiger partial charge in [-0.15, -0.1) is 0 Å². The lowest BCUT2D eigenvalue weighted by molar-refractivity contribution is -0.120. The summed E-state index contributed by atoms with van der Waals surface area (Å²) in [6.07, 6.45) is 4.59. The van der Waals surface area contributed by atoms with E-state index in [0.717, 1.165) is 48.9 Å². The largest absolute Gasteiger partial charge is 0.478 e. The lowest BCUT2D eigenvalue weighted by Gasteiger charge is -2.36. The maximum Gasteiger partial charge on any atom is 0.335 e. The lowest BCUT2D eigenvalue weighted by atomic mass is 9.77. The Balaban J connectivity index is 1.68. The van der Waals surface area contributed by atoms with Crippen LogP contribution in [0.5, 0.6) is 0 Å². The number of benzene rings is 2. The number of carboxylic acids is 1. The van der Waals surface area contributed by atoms with E-state index in [1.165, 1.54) is 0 Å². The standard InChI is InChI=1S/C28H37NO5/c1-4-5-11-25(30)28(2,3)22-13-15-23(16-14-22)29-24(10-7-12-26(29)31)19-34-18-20-8-6-9-21(17-20)27(32)33/h6,8-9,13-17,24-25,30H,4-5,7,10-12,18-19H2,1-3H3,(H,32,33). The fraction of sp³-hybridized carbons (Fsp3) is 0.500. The van der Waals surface area contributed by atoms with Crippen molar-refractivity contribution in [2.45, 2.75) is 83.5 Å². The number of hydrogen-bond acceptors (Lipinski definition) is 4. The summed E-state index contributed by atoms with van der Waals surface area (Å²) in [6.45, 7) is 6.92. The summed E-state index contributed by atoms with van der Waals surface area (Å²) in [7, 11) is 0. The van der Waals surface area contributed by atoms with E-state index in [0.29, 0.717) is 19.6 Å². The summed E-state index contributed by atoms with van der Waals surface area (Å²) in [4.78, 5) is 25.8. The van der Waals surface area contributed by atoms with Crippen LogP contribution in [0, 0.1) is 0 Å². The van der Waals surface area contributed by atoms with Crippen molar-refractivity contribution >= 4 is 17.6 Å². The van der Waals surface area contributed by atoms with Gasteiger partial charge >= 0.3 is 5.97 Å². The number of anilines is 1. The normalized spacial score (nSPS) is 17.6. The van der Waals surface area contributed by atoms with Crippen LogP contribution in [0.4, 0.5) is 5.69 Å². The Kier molecular flexibility index (Phi) is 8.86. The molecule has 0 radical (unpaired) electrons. The molecule has 6 nitrogen and oxygen atoms in total. The van der Waals surface area contributed by atoms with Crippen molar-refractivity contribution in [3.63, 3.8) is 0 Å². The number of hydrogen-bond donors (Lipinski definition) is 2. The summed E-state index contributed by atoms with van der Waals surface area (Å²) in [6, 6.07) is 14.6. The van der Waals surface area contributed by atoms with Crippen LogP contribution in [-0.2, 0) is 21.6 Å². The van der Waals surface area contributed by atoms with Gasteiger partial charge in [-0.2, -0.15) is 0 Å². The molecular formula is C28H37NO5. The third-order valence-electron chi connectivity index (χ3n) is 6.87. The number of amides is 1. The van der Waals surface area contributed by atoms with Crippen LogP contribution >= 0.6 is 0 Å². The van der Waals surface area contributed by atoms with Crippen molar-refractivity contribution in [2.75, 3.05) is 11.5 Å². The van der Waals surface area contributed by atoms with Crippen molar-refractivity contribution in [2.24, 2.45) is 0 Å². The molecular weight excluding hydrogens is 430 g/mol. The number of aliphatic hydroxyl groups excluding tert-OH is 1. The van der Waals surface area contributed by atoms with E-state index in [2.05, 4.69) is 20.8 Å². The minimum Gasteiger partial charge on any atom is -0.478 e. The summed E-state index contributed by atoms with van der Waals surface area (Å²) < 4.78 is 5.92. The smallest absolute Gasteiger partial charge is 0.335 e. The van der Waals surface area contributed by atoms with Crippen LogP contribution < -0.4 is 4.90 Å². The van der Waals surface area contributed by atoms with Crippen molar-refractivity contribution < 1.29 is 24.5 Å². The average molecular weight is 468 g/mol. The first kappa shape index (κ1) is 25.9. The van der Waals surface area contributed by atoms with Crippen molar-refractivity contribution in [1.29, 1.82) is 0 Å². The van der Waals surface area contributed by atoms with E-state index < -0.39 is 12.1 Å². The van der Waals surface area contributed by atoms with Crippen molar-refractivity contribution in [1.82, 2.24) is 0 Å². The predicted octanol–water partition coefficient (Wildman–Crippen LogP) is 5.32. The monoisotopic (exact) mass is 467 g/mol. The number of piperidine rings is 1. The minimum atomic E-state index is -0.963. The molecule has 0 bridgehead atoms. The molecule has 1 aliphatic rings. The van der Waals surface area contributed by atoms with Crippen LogP contribution in [0.15, 0.2) is 48.5 Å². The van der Waals surface area contributed by atoms with Crippen molar-refractivity contribution in [3.05, 3.63) is 65.2 Å². The van der Waals surface area contributed by atoms with E-state index in [1.54, 1.807) is 18.2 Å². The number of nitrogens with zero attached hydrogens (tertiary/aromatic N) is 1. The molecule has 1 saturated heterocycles. The van der Waals surface area contributed by atoms with E-state index in [1.807, 2.05) is 35.2 Å². The molecule has 2 unspecified atom stereocenters. The number of carboxylic acid groups (broad SMARTS) is 1. The Morgan fingerprint density at radius 3 is 2.62 bits per heavy atom. The van der Waals surface area contributed by atoms with E-state index in [-0.39, 0.29) is 22.9 Å². The van der Waals surface area contributed by atoms with Gasteiger partial charge in [0.1, 0.15) is 0 Å². The first-order valence-electron chi connectivity index (χ1n) is 12.2. The lowest BCUT2D eigenvalue weighted by Crippen LogP contribution is -2.46. The number of carbonyl (C=O) groups excluding carboxylic acids is 1. The first-order valence-corrected chi connectivity index (χ1v) is 12.2. The highest BCUT2D eigenvalue weighted by atomic mass is 16.5. The highest BCUT2D eigenvalue weighted by molar-refractivity contribution is 5.94. The Hall–Kier alpha value is -2.70. The van der Waals surface area contributed by atoms with E-state index >= 15 is 0 Å². The topological polar surface area (TPSA) is 87.1 Å². The second-order valence-corrected chi connectivity index (χ2v) is 9.76. The Morgan fingerprint density at radius 2 is 1.94 bits per heavy atom. The summed E-state index contributed by atoms with van der Waals surface area (Å²) in [5, 5.41) is 19.9. The Bertz CT molecular complexity index is 969. The van der Waals surface area contributed by atoms with Gasteiger partial charge < -0.3 is 19.8 Å². The second-order valence-electron chi connectivity index (χ2n) is 9.76. The molecule has 184 valence electrons. The van der Waals surface area contributed by atoms with Gasteiger partial charge in [-0.1, -0.05) is 57.9 Å². The average Bonchev–Trinajstić information content (AvgIpc) is 2.83. The molecule has 0 saturated carbocycles. The molecule has 1 amide bonds. The highest BCUT2D eigenvalue weighted by Gasteiger charge is 2.32. The summed E-state index contributed by atoms with van der Waals surface area (Å²) >= 11 is 0. The number of aromatic carboxylic acids is 1. The van der Waals surface area contributed by atoms with Crippen molar-refractivity contribution in [3.8, 4) is 0 Å². The van der Waals surface area contributed by atoms with Crippen LogP contribution in [0.25, 0.3) is 0 Å². The molecule has 0 aromatic heterocycles. The highest BCUT2D eigenvalue weighted by Crippen LogP contribution is 2.33. The number of ether oxygens (including phenoxy) is 1. The fourth-order valence-electron chi connectivity index (χ4n) is 4.56. The minimum absolute atomic E-state index is 0.0714. The molecule has 2 atom stereocenters. The second kappa shape index (κ2) is 11.6. The van der Waals surface area contributed by atoms with Gasteiger partial charge in [-0.25, -0.2) is 4.79 Å². The first-order chi connectivity index (χ1) is 16.2. The number of rotatable bonds is 11. The van der Waals surface area contributed by atoms with Gasteiger partial charge in [0.05, 0.1) is 30.9 Å². The van der Waals surface area contributed by atoms with Crippen LogP contribution in [0.2, 0.25) is 0 Å². The molecule has 2 N–H and O–H groups in total. The molecule has 1 fully saturated rings. The third-order valence-corrected chi connectivity index (χ3v) is 6.87. The van der Waals surface area contributed by atoms with E-state index in [9.17, 15) is 14.7 Å². The van der Waals surface area contributed by atoms with Gasteiger partial charge in [-0.3, -0.25) is 4.79 Å². The molecule has 6 heteroatoms.